The number of carbonyl (C=O) groups excluding carboxylic acids is 2. The van der Waals surface area contributed by atoms with Crippen LogP contribution in [0.25, 0.3) is 10.9 Å². The van der Waals surface area contributed by atoms with Crippen LogP contribution in [0, 0.1) is 5.41 Å². The van der Waals surface area contributed by atoms with E-state index in [1.807, 2.05) is 67.6 Å². The van der Waals surface area contributed by atoms with E-state index in [9.17, 15) is 13.8 Å². The van der Waals surface area contributed by atoms with Gasteiger partial charge in [-0.15, -0.1) is 0 Å². The van der Waals surface area contributed by atoms with Gasteiger partial charge in [0.2, 0.25) is 5.91 Å². The summed E-state index contributed by atoms with van der Waals surface area (Å²) in [4.78, 5) is 30.8. The smallest absolute Gasteiger partial charge is 0.272 e. The number of ether oxygens (including phenoxy) is 1. The van der Waals surface area contributed by atoms with Crippen molar-refractivity contribution in [1.82, 2.24) is 14.4 Å². The van der Waals surface area contributed by atoms with Gasteiger partial charge < -0.3 is 24.2 Å². The number of amides is 2. The molecule has 42 heavy (non-hydrogen) atoms. The van der Waals surface area contributed by atoms with Crippen LogP contribution < -0.4 is 14.8 Å². The maximum atomic E-state index is 13.7. The van der Waals surface area contributed by atoms with Crippen LogP contribution in [-0.2, 0) is 34.8 Å². The summed E-state index contributed by atoms with van der Waals surface area (Å²) in [5.41, 5.74) is 4.12. The Balaban J connectivity index is 1.60. The van der Waals surface area contributed by atoms with Gasteiger partial charge in [0.1, 0.15) is 16.7 Å². The van der Waals surface area contributed by atoms with Crippen LogP contribution in [0.3, 0.4) is 0 Å². The number of methoxy groups -OCH3 is 1. The van der Waals surface area contributed by atoms with Crippen LogP contribution in [0.15, 0.2) is 36.4 Å². The molecule has 0 aliphatic carbocycles. The van der Waals surface area contributed by atoms with E-state index in [0.717, 1.165) is 41.7 Å². The van der Waals surface area contributed by atoms with E-state index in [0.29, 0.717) is 35.9 Å². The van der Waals surface area contributed by atoms with Crippen LogP contribution >= 0.6 is 0 Å². The molecule has 9 nitrogen and oxygen atoms in total. The Kier molecular flexibility index (Phi) is 9.08. The van der Waals surface area contributed by atoms with Crippen LogP contribution in [0.2, 0.25) is 0 Å². The third-order valence-corrected chi connectivity index (χ3v) is 8.24. The summed E-state index contributed by atoms with van der Waals surface area (Å²) in [7, 11) is 2.13. The number of piperazine rings is 1. The van der Waals surface area contributed by atoms with E-state index in [1.165, 1.54) is 7.11 Å². The molecule has 2 N–H and O–H groups in total. The predicted octanol–water partition coefficient (Wildman–Crippen LogP) is 5.13. The van der Waals surface area contributed by atoms with E-state index in [-0.39, 0.29) is 22.6 Å². The first-order valence-electron chi connectivity index (χ1n) is 14.3. The highest BCUT2D eigenvalue weighted by molar-refractivity contribution is 7.85. The summed E-state index contributed by atoms with van der Waals surface area (Å²) in [6.07, 6.45) is 1.56. The molecule has 0 radical (unpaired) electrons. The molecule has 4 rings (SSSR count). The van der Waals surface area contributed by atoms with Gasteiger partial charge >= 0.3 is 0 Å². The van der Waals surface area contributed by atoms with Crippen LogP contribution in [-0.4, -0.2) is 69.9 Å². The molecule has 2 amide bonds. The minimum Gasteiger partial charge on any atom is -0.492 e. The zero-order chi connectivity index (χ0) is 31.0. The first-order valence-corrected chi connectivity index (χ1v) is 15.9. The van der Waals surface area contributed by atoms with E-state index >= 15 is 0 Å². The number of nitrogens with one attached hydrogen (secondary N) is 2. The molecule has 228 valence electrons. The molecule has 1 aliphatic rings. The van der Waals surface area contributed by atoms with E-state index in [2.05, 4.69) is 41.8 Å². The SMILES string of the molecule is COc1c(NC(=O)c2cc3cccc(CN4CCN(C(=O)C(C)(C)C)CC4)c3n2C)cc(C(C)(C)C)cc1NS(C)=O. The summed E-state index contributed by atoms with van der Waals surface area (Å²) >= 11 is 0. The number of benzene rings is 2. The molecular formula is C32H45N5O4S. The van der Waals surface area contributed by atoms with Crippen molar-refractivity contribution in [2.45, 2.75) is 53.5 Å². The molecule has 10 heteroatoms. The summed E-state index contributed by atoms with van der Waals surface area (Å²) < 4.78 is 22.6. The molecule has 1 aliphatic heterocycles. The molecule has 0 spiro atoms. The molecule has 0 saturated carbocycles. The molecule has 1 atom stereocenters. The van der Waals surface area contributed by atoms with Crippen molar-refractivity contribution in [2.75, 3.05) is 49.6 Å². The monoisotopic (exact) mass is 595 g/mol. The molecule has 1 saturated heterocycles. The summed E-state index contributed by atoms with van der Waals surface area (Å²) in [6, 6.07) is 11.9. The molecule has 1 aromatic heterocycles. The van der Waals surface area contributed by atoms with E-state index < -0.39 is 11.0 Å². The van der Waals surface area contributed by atoms with Gasteiger partial charge in [-0.1, -0.05) is 59.7 Å². The van der Waals surface area contributed by atoms with Crippen molar-refractivity contribution >= 4 is 45.1 Å². The second-order valence-corrected chi connectivity index (χ2v) is 14.2. The number of para-hydroxylation sites is 1. The lowest BCUT2D eigenvalue weighted by Gasteiger charge is -2.37. The van der Waals surface area contributed by atoms with Gasteiger partial charge in [0, 0.05) is 56.8 Å². The Morgan fingerprint density at radius 3 is 2.19 bits per heavy atom. The van der Waals surface area contributed by atoms with Crippen molar-refractivity contribution in [2.24, 2.45) is 12.5 Å². The van der Waals surface area contributed by atoms with Crippen molar-refractivity contribution in [3.63, 3.8) is 0 Å². The number of nitrogens with zero attached hydrogens (tertiary/aromatic N) is 3. The number of hydrogen-bond donors (Lipinski definition) is 2. The fourth-order valence-corrected chi connectivity index (χ4v) is 5.92. The maximum absolute atomic E-state index is 13.7. The number of hydrogen-bond acceptors (Lipinski definition) is 5. The topological polar surface area (TPSA) is 95.9 Å². The number of anilines is 2. The fraction of sp³-hybridized carbons (Fsp3) is 0.500. The van der Waals surface area contributed by atoms with Crippen molar-refractivity contribution < 1.29 is 18.5 Å². The number of rotatable bonds is 7. The lowest BCUT2D eigenvalue weighted by atomic mass is 9.86. The number of aryl methyl sites for hydroxylation is 1. The zero-order valence-electron chi connectivity index (χ0n) is 26.4. The van der Waals surface area contributed by atoms with Crippen molar-refractivity contribution in [3.8, 4) is 5.75 Å². The van der Waals surface area contributed by atoms with Crippen molar-refractivity contribution in [1.29, 1.82) is 0 Å². The predicted molar refractivity (Wildman–Crippen MR) is 172 cm³/mol. The number of fused-ring (bicyclic) bond motifs is 1. The second kappa shape index (κ2) is 12.1. The van der Waals surface area contributed by atoms with Crippen molar-refractivity contribution in [3.05, 3.63) is 53.2 Å². The highest BCUT2D eigenvalue weighted by Crippen LogP contribution is 2.39. The first kappa shape index (κ1) is 31.6. The third-order valence-electron chi connectivity index (χ3n) is 7.73. The summed E-state index contributed by atoms with van der Waals surface area (Å²) in [5, 5.41) is 4.05. The van der Waals surface area contributed by atoms with Gasteiger partial charge in [-0.25, -0.2) is 4.21 Å². The Morgan fingerprint density at radius 1 is 0.976 bits per heavy atom. The molecule has 3 aromatic rings. The van der Waals surface area contributed by atoms with Gasteiger partial charge in [0.15, 0.2) is 5.75 Å². The van der Waals surface area contributed by atoms with E-state index in [4.69, 9.17) is 4.74 Å². The van der Waals surface area contributed by atoms with Crippen LogP contribution in [0.1, 0.15) is 63.2 Å². The Morgan fingerprint density at radius 2 is 1.62 bits per heavy atom. The molecular weight excluding hydrogens is 550 g/mol. The van der Waals surface area contributed by atoms with Crippen LogP contribution in [0.5, 0.6) is 5.75 Å². The minimum absolute atomic E-state index is 0.192. The molecule has 1 unspecified atom stereocenters. The lowest BCUT2D eigenvalue weighted by molar-refractivity contribution is -0.141. The van der Waals surface area contributed by atoms with Gasteiger partial charge in [-0.05, 0) is 34.7 Å². The molecule has 1 fully saturated rings. The average molecular weight is 596 g/mol. The van der Waals surface area contributed by atoms with Gasteiger partial charge in [-0.3, -0.25) is 14.5 Å². The zero-order valence-corrected chi connectivity index (χ0v) is 27.2. The summed E-state index contributed by atoms with van der Waals surface area (Å²) in [5.74, 6) is 0.356. The Labute approximate surface area is 252 Å². The third kappa shape index (κ3) is 6.81. The minimum atomic E-state index is -1.32. The highest BCUT2D eigenvalue weighted by Gasteiger charge is 2.30. The lowest BCUT2D eigenvalue weighted by Crippen LogP contribution is -2.51. The second-order valence-electron chi connectivity index (χ2n) is 13.1. The quantitative estimate of drug-likeness (QED) is 0.395. The average Bonchev–Trinajstić information content (AvgIpc) is 3.24. The first-order chi connectivity index (χ1) is 19.6. The summed E-state index contributed by atoms with van der Waals surface area (Å²) in [6.45, 7) is 15.9. The highest BCUT2D eigenvalue weighted by atomic mass is 32.2. The maximum Gasteiger partial charge on any atom is 0.272 e. The van der Waals surface area contributed by atoms with Gasteiger partial charge in [-0.2, -0.15) is 0 Å². The van der Waals surface area contributed by atoms with E-state index in [1.54, 1.807) is 6.26 Å². The number of carbonyl (C=O) groups is 2. The Hall–Kier alpha value is -3.37. The van der Waals surface area contributed by atoms with Gasteiger partial charge in [0.25, 0.3) is 5.91 Å². The van der Waals surface area contributed by atoms with Gasteiger partial charge in [0.05, 0.1) is 24.0 Å². The van der Waals surface area contributed by atoms with Crippen LogP contribution in [0.4, 0.5) is 11.4 Å². The largest absolute Gasteiger partial charge is 0.492 e. The molecule has 2 aromatic carbocycles. The molecule has 2 heterocycles. The molecule has 0 bridgehead atoms. The fourth-order valence-electron chi connectivity index (χ4n) is 5.46. The normalized spacial score (nSPS) is 15.5. The standard InChI is InChI=1S/C32H45N5O4S/c1-31(2,3)23-18-24(28(41-8)25(19-23)34-42(9)40)33-29(38)26-17-21-11-10-12-22(27(21)35(26)7)20-36-13-15-37(16-14-36)30(39)32(4,5)6/h10-12,17-19,34H,13-16,20H2,1-9H3,(H,33,38). The number of aromatic nitrogens is 1. The Bertz CT molecular complexity index is 1510.